The number of imidazole rings is 1. The van der Waals surface area contributed by atoms with Crippen molar-refractivity contribution in [3.8, 4) is 5.75 Å². The van der Waals surface area contributed by atoms with E-state index in [0.717, 1.165) is 0 Å². The minimum atomic E-state index is -4.38. The summed E-state index contributed by atoms with van der Waals surface area (Å²) < 4.78 is 53.4. The Morgan fingerprint density at radius 1 is 1.31 bits per heavy atom. The summed E-state index contributed by atoms with van der Waals surface area (Å²) in [5.41, 5.74) is 4.42. The van der Waals surface area contributed by atoms with Crippen LogP contribution in [0.15, 0.2) is 36.7 Å². The first-order valence-corrected chi connectivity index (χ1v) is 15.3. The fourth-order valence-electron chi connectivity index (χ4n) is 4.24. The highest BCUT2D eigenvalue weighted by Gasteiger charge is 2.57. The van der Waals surface area contributed by atoms with Crippen molar-refractivity contribution < 1.29 is 37.4 Å². The molecule has 4 rings (SSSR count). The second kappa shape index (κ2) is 13.1. The van der Waals surface area contributed by atoms with Crippen molar-refractivity contribution >= 4 is 48.2 Å². The Morgan fingerprint density at radius 2 is 2.02 bits per heavy atom. The number of aromatic nitrogens is 4. The summed E-state index contributed by atoms with van der Waals surface area (Å²) in [6.45, 7) is 6.43. The molecular formula is C25H34ClFN7O7P. The van der Waals surface area contributed by atoms with Gasteiger partial charge < -0.3 is 30.2 Å². The van der Waals surface area contributed by atoms with Crippen LogP contribution >= 0.6 is 19.3 Å². The number of carbonyl (C=O) groups is 1. The third kappa shape index (κ3) is 6.77. The molecule has 42 heavy (non-hydrogen) atoms. The van der Waals surface area contributed by atoms with Crippen LogP contribution in [-0.4, -0.2) is 79.6 Å². The number of carbonyl (C=O) groups excluding carboxylic acids is 1. The molecule has 1 saturated heterocycles. The predicted molar refractivity (Wildman–Crippen MR) is 153 cm³/mol. The molecule has 0 radical (unpaired) electrons. The molecule has 6 atom stereocenters. The van der Waals surface area contributed by atoms with Gasteiger partial charge in [-0.15, -0.1) is 11.6 Å². The Hall–Kier alpha value is -3.07. The molecule has 2 aromatic heterocycles. The van der Waals surface area contributed by atoms with E-state index in [2.05, 4.69) is 25.4 Å². The maximum Gasteiger partial charge on any atom is 0.459 e. The number of hydrogen-bond acceptors (Lipinski definition) is 12. The van der Waals surface area contributed by atoms with Crippen LogP contribution in [0.1, 0.15) is 33.9 Å². The Bertz CT molecular complexity index is 1430. The molecule has 0 unspecified atom stereocenters. The van der Waals surface area contributed by atoms with E-state index in [1.165, 1.54) is 30.0 Å². The number of alkyl halides is 2. The highest BCUT2D eigenvalue weighted by atomic mass is 35.5. The predicted octanol–water partition coefficient (Wildman–Crippen LogP) is 3.18. The zero-order valence-electron chi connectivity index (χ0n) is 23.4. The molecule has 1 aliphatic rings. The van der Waals surface area contributed by atoms with Gasteiger partial charge in [0.25, 0.3) is 0 Å². The summed E-state index contributed by atoms with van der Waals surface area (Å²) in [6.07, 6.45) is -4.48. The van der Waals surface area contributed by atoms with E-state index >= 15 is 4.39 Å². The van der Waals surface area contributed by atoms with Crippen molar-refractivity contribution in [3.63, 3.8) is 0 Å². The largest absolute Gasteiger partial charge is 0.462 e. The Morgan fingerprint density at radius 3 is 2.67 bits per heavy atom. The third-order valence-electron chi connectivity index (χ3n) is 6.26. The van der Waals surface area contributed by atoms with Crippen molar-refractivity contribution in [2.45, 2.75) is 63.9 Å². The lowest BCUT2D eigenvalue weighted by Gasteiger charge is -2.31. The fraction of sp³-hybridized carbons (Fsp3) is 0.520. The summed E-state index contributed by atoms with van der Waals surface area (Å²) in [5.74, 6) is -0.756. The average molecular weight is 630 g/mol. The van der Waals surface area contributed by atoms with Gasteiger partial charge in [-0.25, -0.2) is 13.9 Å². The molecule has 14 nitrogen and oxygen atoms in total. The monoisotopic (exact) mass is 629 g/mol. The number of fused-ring (bicyclic) bond motifs is 1. The Kier molecular flexibility index (Phi) is 9.91. The molecule has 3 heterocycles. The highest BCUT2D eigenvalue weighted by Crippen LogP contribution is 2.49. The lowest BCUT2D eigenvalue weighted by molar-refractivity contribution is -0.149. The summed E-state index contributed by atoms with van der Waals surface area (Å²) in [5, 5.41) is 16.6. The number of para-hydroxylation sites is 1. The Balaban J connectivity index is 1.61. The van der Waals surface area contributed by atoms with E-state index < -0.39 is 62.5 Å². The number of halogens is 2. The van der Waals surface area contributed by atoms with Gasteiger partial charge in [0.05, 0.1) is 24.9 Å². The number of aliphatic hydroxyl groups is 1. The second-order valence-corrected chi connectivity index (χ2v) is 11.9. The minimum Gasteiger partial charge on any atom is -0.462 e. The van der Waals surface area contributed by atoms with Crippen molar-refractivity contribution in [1.82, 2.24) is 24.6 Å². The number of nitrogens with zero attached hydrogens (tertiary/aromatic N) is 4. The van der Waals surface area contributed by atoms with Gasteiger partial charge in [0, 0.05) is 6.54 Å². The number of nitrogen functional groups attached to an aromatic ring is 1. The molecule has 1 aliphatic heterocycles. The van der Waals surface area contributed by atoms with E-state index in [4.69, 9.17) is 35.9 Å². The van der Waals surface area contributed by atoms with Crippen molar-refractivity contribution in [3.05, 3.63) is 36.7 Å². The van der Waals surface area contributed by atoms with Gasteiger partial charge in [0.1, 0.15) is 23.5 Å². The van der Waals surface area contributed by atoms with Crippen LogP contribution in [0.2, 0.25) is 0 Å². The van der Waals surface area contributed by atoms with Gasteiger partial charge in [0.2, 0.25) is 5.95 Å². The van der Waals surface area contributed by atoms with Crippen molar-refractivity contribution in [2.24, 2.45) is 0 Å². The SMILES string of the molecule is CCNc1nc(N)nc2c1ncn2[C@@H]1O[C@](CCl)(CO[P@](=O)(N[C@@H](C)C(=O)OC(C)C)Oc2ccccc2)[C@@H](O)[C@@H]1F. The minimum absolute atomic E-state index is 0.0868. The number of nitrogens with one attached hydrogen (secondary N) is 2. The van der Waals surface area contributed by atoms with Gasteiger partial charge in [-0.3, -0.25) is 13.9 Å². The van der Waals surface area contributed by atoms with Crippen LogP contribution < -0.4 is 20.7 Å². The van der Waals surface area contributed by atoms with Crippen LogP contribution in [0.5, 0.6) is 5.75 Å². The van der Waals surface area contributed by atoms with E-state index in [-0.39, 0.29) is 17.3 Å². The molecule has 5 N–H and O–H groups in total. The van der Waals surface area contributed by atoms with Crippen LogP contribution in [0.3, 0.4) is 0 Å². The summed E-state index contributed by atoms with van der Waals surface area (Å²) in [4.78, 5) is 25.0. The number of ether oxygens (including phenoxy) is 2. The lowest BCUT2D eigenvalue weighted by Crippen LogP contribution is -2.48. The van der Waals surface area contributed by atoms with E-state index in [0.29, 0.717) is 17.9 Å². The molecule has 1 fully saturated rings. The number of rotatable bonds is 13. The molecule has 230 valence electrons. The first-order valence-electron chi connectivity index (χ1n) is 13.2. The van der Waals surface area contributed by atoms with Gasteiger partial charge in [0.15, 0.2) is 29.4 Å². The normalized spacial score (nSPS) is 24.4. The third-order valence-corrected chi connectivity index (χ3v) is 8.33. The second-order valence-electron chi connectivity index (χ2n) is 9.89. The number of hydrogen-bond donors (Lipinski definition) is 4. The zero-order valence-corrected chi connectivity index (χ0v) is 25.1. The number of benzene rings is 1. The van der Waals surface area contributed by atoms with Gasteiger partial charge in [-0.2, -0.15) is 15.1 Å². The van der Waals surface area contributed by atoms with Crippen LogP contribution in [0.25, 0.3) is 11.2 Å². The summed E-state index contributed by atoms with van der Waals surface area (Å²) in [6, 6.07) is 6.94. The van der Waals surface area contributed by atoms with E-state index in [9.17, 15) is 14.5 Å². The molecule has 0 spiro atoms. The van der Waals surface area contributed by atoms with Crippen molar-refractivity contribution in [1.29, 1.82) is 0 Å². The lowest BCUT2D eigenvalue weighted by atomic mass is 9.99. The first kappa shape index (κ1) is 31.9. The van der Waals surface area contributed by atoms with E-state index in [1.54, 1.807) is 32.0 Å². The molecule has 0 bridgehead atoms. The van der Waals surface area contributed by atoms with Crippen molar-refractivity contribution in [2.75, 3.05) is 30.1 Å². The van der Waals surface area contributed by atoms with Gasteiger partial charge >= 0.3 is 13.7 Å². The van der Waals surface area contributed by atoms with Crippen LogP contribution in [-0.2, 0) is 23.4 Å². The molecule has 0 amide bonds. The highest BCUT2D eigenvalue weighted by molar-refractivity contribution is 7.52. The number of esters is 1. The van der Waals surface area contributed by atoms with Crippen LogP contribution in [0, 0.1) is 0 Å². The standard InChI is InChI=1S/C25H34ClFN7O7P/c1-5-29-20-18-21(32-24(28)31-20)34(13-30-18)22-17(27)19(35)25(11-26,40-22)12-38-42(37,41-16-9-7-6-8-10-16)33-15(4)23(36)39-14(2)3/h6-10,13-15,17,19,22,35H,5,11-12H2,1-4H3,(H,33,37)(H3,28,29,31,32)/t15-,17-,19-,22+,25+,42+/m0/s1. The maximum absolute atomic E-state index is 15.7. The molecule has 3 aromatic rings. The van der Waals surface area contributed by atoms with Gasteiger partial charge in [-0.1, -0.05) is 18.2 Å². The molecule has 17 heteroatoms. The molecule has 0 aliphatic carbocycles. The number of anilines is 2. The van der Waals surface area contributed by atoms with Crippen LogP contribution in [0.4, 0.5) is 16.2 Å². The molecule has 1 aromatic carbocycles. The summed E-state index contributed by atoms with van der Waals surface area (Å²) in [7, 11) is -4.38. The number of aliphatic hydroxyl groups excluding tert-OH is 1. The fourth-order valence-corrected chi connectivity index (χ4v) is 6.08. The van der Waals surface area contributed by atoms with E-state index in [1.807, 2.05) is 6.92 Å². The quantitative estimate of drug-likeness (QED) is 0.123. The number of nitrogens with two attached hydrogens (primary N) is 1. The summed E-state index contributed by atoms with van der Waals surface area (Å²) >= 11 is 6.23. The molecule has 0 saturated carbocycles. The average Bonchev–Trinajstić information content (AvgIpc) is 3.46. The first-order chi connectivity index (χ1) is 19.9. The molecular weight excluding hydrogens is 596 g/mol. The zero-order chi connectivity index (χ0) is 30.7. The maximum atomic E-state index is 15.7. The smallest absolute Gasteiger partial charge is 0.459 e. The van der Waals surface area contributed by atoms with Gasteiger partial charge in [-0.05, 0) is 39.8 Å². The topological polar surface area (TPSA) is 185 Å². The Labute approximate surface area is 246 Å².